The van der Waals surface area contributed by atoms with Gasteiger partial charge in [-0.15, -0.1) is 0 Å². The highest BCUT2D eigenvalue weighted by molar-refractivity contribution is 6.00. The van der Waals surface area contributed by atoms with Crippen LogP contribution >= 0.6 is 0 Å². The van der Waals surface area contributed by atoms with Gasteiger partial charge in [-0.2, -0.15) is 13.2 Å². The monoisotopic (exact) mass is 529 g/mol. The molecule has 38 heavy (non-hydrogen) atoms. The molecule has 1 saturated heterocycles. The normalized spacial score (nSPS) is 16.9. The molecular formula is C31H29F6N. The number of halogens is 6. The van der Waals surface area contributed by atoms with Crippen LogP contribution in [0.25, 0.3) is 11.1 Å². The summed E-state index contributed by atoms with van der Waals surface area (Å²) >= 11 is 0. The Morgan fingerprint density at radius 3 is 2.32 bits per heavy atom. The van der Waals surface area contributed by atoms with Gasteiger partial charge in [-0.1, -0.05) is 54.6 Å². The fourth-order valence-corrected chi connectivity index (χ4v) is 5.75. The van der Waals surface area contributed by atoms with Crippen LogP contribution in [-0.2, 0) is 19.0 Å². The van der Waals surface area contributed by atoms with Gasteiger partial charge in [0.25, 0.3) is 0 Å². The van der Waals surface area contributed by atoms with E-state index in [0.29, 0.717) is 36.9 Å². The van der Waals surface area contributed by atoms with Crippen molar-refractivity contribution in [1.82, 2.24) is 4.90 Å². The van der Waals surface area contributed by atoms with Crippen LogP contribution in [0.5, 0.6) is 0 Å². The third-order valence-corrected chi connectivity index (χ3v) is 7.54. The van der Waals surface area contributed by atoms with Crippen molar-refractivity contribution >= 4 is 11.1 Å². The minimum absolute atomic E-state index is 0.0213. The molecule has 0 amide bonds. The van der Waals surface area contributed by atoms with Crippen molar-refractivity contribution < 1.29 is 26.3 Å². The molecule has 1 aliphatic carbocycles. The fourth-order valence-electron chi connectivity index (χ4n) is 5.75. The van der Waals surface area contributed by atoms with E-state index in [0.717, 1.165) is 59.8 Å². The summed E-state index contributed by atoms with van der Waals surface area (Å²) in [4.78, 5) is 2.03. The summed E-state index contributed by atoms with van der Waals surface area (Å²) in [5.74, 6) is -0.508. The number of benzene rings is 3. The minimum Gasteiger partial charge on any atom is -0.302 e. The third-order valence-electron chi connectivity index (χ3n) is 7.54. The Morgan fingerprint density at radius 1 is 0.868 bits per heavy atom. The van der Waals surface area contributed by atoms with E-state index in [1.54, 1.807) is 0 Å². The van der Waals surface area contributed by atoms with Gasteiger partial charge in [0, 0.05) is 26.1 Å². The molecule has 0 spiro atoms. The van der Waals surface area contributed by atoms with Crippen molar-refractivity contribution in [2.75, 3.05) is 19.6 Å². The molecule has 0 unspecified atom stereocenters. The van der Waals surface area contributed by atoms with E-state index in [1.165, 1.54) is 6.07 Å². The lowest BCUT2D eigenvalue weighted by atomic mass is 9.85. The number of alkyl halides is 5. The van der Waals surface area contributed by atoms with Crippen LogP contribution in [0.1, 0.15) is 52.6 Å². The Bertz CT molecular complexity index is 1300. The van der Waals surface area contributed by atoms with Crippen molar-refractivity contribution in [3.05, 3.63) is 106 Å². The molecule has 2 aliphatic rings. The smallest absolute Gasteiger partial charge is 0.302 e. The highest BCUT2D eigenvalue weighted by Gasteiger charge is 2.36. The quantitative estimate of drug-likeness (QED) is 0.279. The number of rotatable bonds is 7. The summed E-state index contributed by atoms with van der Waals surface area (Å²) < 4.78 is 80.8. The zero-order valence-corrected chi connectivity index (χ0v) is 20.9. The van der Waals surface area contributed by atoms with Gasteiger partial charge in [0.15, 0.2) is 0 Å². The number of hydrogen-bond donors (Lipinski definition) is 0. The first-order valence-corrected chi connectivity index (χ1v) is 13.0. The average Bonchev–Trinajstić information content (AvgIpc) is 3.05. The Balaban J connectivity index is 1.49. The average molecular weight is 530 g/mol. The molecule has 0 saturated carbocycles. The maximum absolute atomic E-state index is 14.0. The lowest BCUT2D eigenvalue weighted by Gasteiger charge is -2.39. The molecule has 0 aromatic heterocycles. The van der Waals surface area contributed by atoms with E-state index < -0.39 is 24.0 Å². The predicted molar refractivity (Wildman–Crippen MR) is 137 cm³/mol. The van der Waals surface area contributed by atoms with Crippen LogP contribution in [0.2, 0.25) is 0 Å². The summed E-state index contributed by atoms with van der Waals surface area (Å²) in [6.07, 6.45) is -4.38. The number of nitrogens with zero attached hydrogens (tertiary/aromatic N) is 1. The molecule has 3 aromatic carbocycles. The molecule has 0 bridgehead atoms. The summed E-state index contributed by atoms with van der Waals surface area (Å²) in [6, 6.07) is 18.6. The Hall–Kier alpha value is -3.06. The minimum atomic E-state index is -4.68. The number of aryl methyl sites for hydroxylation is 1. The van der Waals surface area contributed by atoms with Gasteiger partial charge in [-0.3, -0.25) is 0 Å². The number of fused-ring (bicyclic) bond motifs is 1. The highest BCUT2D eigenvalue weighted by Crippen LogP contribution is 2.44. The van der Waals surface area contributed by atoms with E-state index in [1.807, 2.05) is 53.4 Å². The highest BCUT2D eigenvalue weighted by atomic mass is 19.4. The van der Waals surface area contributed by atoms with Crippen LogP contribution in [0.3, 0.4) is 0 Å². The largest absolute Gasteiger partial charge is 0.417 e. The summed E-state index contributed by atoms with van der Waals surface area (Å²) in [5, 5.41) is 0. The molecule has 0 atom stereocenters. The molecule has 3 aromatic rings. The predicted octanol–water partition coefficient (Wildman–Crippen LogP) is 8.27. The molecule has 0 radical (unpaired) electrons. The Kier molecular flexibility index (Phi) is 7.66. The van der Waals surface area contributed by atoms with Crippen molar-refractivity contribution in [3.8, 4) is 0 Å². The Labute approximate surface area is 218 Å². The summed E-state index contributed by atoms with van der Waals surface area (Å²) in [7, 11) is 0. The molecule has 1 aliphatic heterocycles. The second kappa shape index (κ2) is 11.0. The first-order chi connectivity index (χ1) is 18.2. The van der Waals surface area contributed by atoms with Crippen LogP contribution in [0, 0.1) is 11.7 Å². The van der Waals surface area contributed by atoms with Gasteiger partial charge in [0.05, 0.1) is 5.56 Å². The zero-order valence-electron chi connectivity index (χ0n) is 20.9. The zero-order chi connectivity index (χ0) is 26.9. The van der Waals surface area contributed by atoms with Crippen molar-refractivity contribution in [1.29, 1.82) is 0 Å². The summed E-state index contributed by atoms with van der Waals surface area (Å²) in [6.45, 7) is 2.00. The lowest BCUT2D eigenvalue weighted by Crippen LogP contribution is -2.48. The van der Waals surface area contributed by atoms with Crippen LogP contribution in [-0.4, -0.2) is 31.0 Å². The van der Waals surface area contributed by atoms with E-state index in [2.05, 4.69) is 0 Å². The summed E-state index contributed by atoms with van der Waals surface area (Å²) in [5.41, 5.74) is 4.30. The van der Waals surface area contributed by atoms with E-state index in [9.17, 15) is 26.3 Å². The van der Waals surface area contributed by atoms with Gasteiger partial charge in [-0.05, 0) is 82.7 Å². The van der Waals surface area contributed by atoms with Crippen LogP contribution in [0.15, 0.2) is 66.7 Å². The number of allylic oxidation sites excluding steroid dienone is 1. The molecule has 200 valence electrons. The first-order valence-electron chi connectivity index (χ1n) is 13.0. The second-order valence-corrected chi connectivity index (χ2v) is 10.3. The number of likely N-dealkylation sites (tertiary alicyclic amines) is 1. The van der Waals surface area contributed by atoms with Crippen molar-refractivity contribution in [2.24, 2.45) is 5.92 Å². The molecule has 1 fully saturated rings. The van der Waals surface area contributed by atoms with Gasteiger partial charge in [0.2, 0.25) is 6.43 Å². The topological polar surface area (TPSA) is 3.24 Å². The Morgan fingerprint density at radius 2 is 1.61 bits per heavy atom. The molecule has 0 N–H and O–H groups in total. The lowest BCUT2D eigenvalue weighted by molar-refractivity contribution is -0.138. The maximum Gasteiger partial charge on any atom is 0.417 e. The van der Waals surface area contributed by atoms with Gasteiger partial charge in [-0.25, -0.2) is 13.2 Å². The molecule has 7 heteroatoms. The second-order valence-electron chi connectivity index (χ2n) is 10.3. The molecule has 1 heterocycles. The molecule has 1 nitrogen and oxygen atoms in total. The van der Waals surface area contributed by atoms with Crippen LogP contribution < -0.4 is 0 Å². The van der Waals surface area contributed by atoms with E-state index in [4.69, 9.17) is 0 Å². The standard InChI is InChI=1S/C31H29F6N/c32-24-12-13-26(28(17-24)31(35,36)37)27-7-3-5-22-4-1-2-6-25(22)30(27)23-10-8-20(9-11-23)16-21-18-38(19-21)15-14-29(33)34/h1-2,4,6,8-13,17,21,29H,3,5,7,14-16,18-19H2. The van der Waals surface area contributed by atoms with Gasteiger partial charge >= 0.3 is 6.18 Å². The molecular weight excluding hydrogens is 500 g/mol. The van der Waals surface area contributed by atoms with Crippen molar-refractivity contribution in [2.45, 2.75) is 44.7 Å². The maximum atomic E-state index is 14.0. The molecule has 5 rings (SSSR count). The van der Waals surface area contributed by atoms with Gasteiger partial charge in [0.1, 0.15) is 5.82 Å². The van der Waals surface area contributed by atoms with Gasteiger partial charge < -0.3 is 4.90 Å². The van der Waals surface area contributed by atoms with Crippen LogP contribution in [0.4, 0.5) is 26.3 Å². The fraction of sp³-hybridized carbons (Fsp3) is 0.355. The van der Waals surface area contributed by atoms with Crippen molar-refractivity contribution in [3.63, 3.8) is 0 Å². The number of hydrogen-bond acceptors (Lipinski definition) is 1. The SMILES string of the molecule is Fc1ccc(C2=C(c3ccc(CC4CN(CCC(F)F)C4)cc3)c3ccccc3CCC2)c(C(F)(F)F)c1. The third kappa shape index (κ3) is 5.83. The first kappa shape index (κ1) is 26.5. The van der Waals surface area contributed by atoms with E-state index in [-0.39, 0.29) is 12.0 Å². The van der Waals surface area contributed by atoms with E-state index >= 15 is 0 Å².